The van der Waals surface area contributed by atoms with Crippen molar-refractivity contribution in [3.63, 3.8) is 0 Å². The SMILES string of the molecule is COCCN1CCC[C@@]2(CCN(C(=O)C(C)C)C2)C1=O. The maximum atomic E-state index is 12.7. The van der Waals surface area contributed by atoms with Gasteiger partial charge in [-0.1, -0.05) is 13.8 Å². The van der Waals surface area contributed by atoms with Crippen molar-refractivity contribution >= 4 is 11.8 Å². The van der Waals surface area contributed by atoms with Gasteiger partial charge in [0.05, 0.1) is 12.0 Å². The maximum Gasteiger partial charge on any atom is 0.230 e. The summed E-state index contributed by atoms with van der Waals surface area (Å²) in [6.45, 7) is 7.22. The lowest BCUT2D eigenvalue weighted by Gasteiger charge is -2.39. The number of amides is 2. The van der Waals surface area contributed by atoms with Crippen molar-refractivity contribution in [2.45, 2.75) is 33.1 Å². The molecule has 0 saturated carbocycles. The summed E-state index contributed by atoms with van der Waals surface area (Å²) in [5, 5.41) is 0. The molecule has 1 spiro atoms. The molecule has 0 aromatic rings. The van der Waals surface area contributed by atoms with Crippen molar-refractivity contribution in [1.29, 1.82) is 0 Å². The van der Waals surface area contributed by atoms with Crippen molar-refractivity contribution < 1.29 is 14.3 Å². The second-order valence-corrected chi connectivity index (χ2v) is 6.33. The Hall–Kier alpha value is -1.10. The molecule has 0 unspecified atom stereocenters. The standard InChI is InChI=1S/C15H26N2O3/c1-12(2)13(18)17-8-6-15(11-17)5-4-7-16(14(15)19)9-10-20-3/h12H,4-11H2,1-3H3/t15-/m0/s1. The summed E-state index contributed by atoms with van der Waals surface area (Å²) in [4.78, 5) is 28.6. The molecule has 114 valence electrons. The number of hydrogen-bond donors (Lipinski definition) is 0. The Bertz CT molecular complexity index is 383. The molecule has 20 heavy (non-hydrogen) atoms. The first-order valence-corrected chi connectivity index (χ1v) is 7.57. The van der Waals surface area contributed by atoms with Crippen molar-refractivity contribution in [2.24, 2.45) is 11.3 Å². The highest BCUT2D eigenvalue weighted by Crippen LogP contribution is 2.40. The zero-order valence-corrected chi connectivity index (χ0v) is 12.9. The van der Waals surface area contributed by atoms with Gasteiger partial charge in [-0.05, 0) is 19.3 Å². The topological polar surface area (TPSA) is 49.9 Å². The number of hydrogen-bond acceptors (Lipinski definition) is 3. The van der Waals surface area contributed by atoms with Crippen LogP contribution in [0.2, 0.25) is 0 Å². The highest BCUT2D eigenvalue weighted by atomic mass is 16.5. The molecule has 0 bridgehead atoms. The molecule has 2 saturated heterocycles. The number of piperidine rings is 1. The van der Waals surface area contributed by atoms with Crippen molar-refractivity contribution in [3.8, 4) is 0 Å². The Labute approximate surface area is 121 Å². The van der Waals surface area contributed by atoms with Crippen molar-refractivity contribution in [2.75, 3.05) is 39.9 Å². The average Bonchev–Trinajstić information content (AvgIpc) is 2.85. The van der Waals surface area contributed by atoms with E-state index in [9.17, 15) is 9.59 Å². The van der Waals surface area contributed by atoms with Gasteiger partial charge in [-0.2, -0.15) is 0 Å². The van der Waals surface area contributed by atoms with E-state index < -0.39 is 0 Å². The smallest absolute Gasteiger partial charge is 0.230 e. The van der Waals surface area contributed by atoms with Crippen LogP contribution in [0.5, 0.6) is 0 Å². The summed E-state index contributed by atoms with van der Waals surface area (Å²) < 4.78 is 5.08. The van der Waals surface area contributed by atoms with E-state index in [1.54, 1.807) is 7.11 Å². The number of ether oxygens (including phenoxy) is 1. The van der Waals surface area contributed by atoms with E-state index in [0.29, 0.717) is 19.7 Å². The summed E-state index contributed by atoms with van der Waals surface area (Å²) in [6, 6.07) is 0. The normalized spacial score (nSPS) is 26.9. The highest BCUT2D eigenvalue weighted by molar-refractivity contribution is 5.86. The third-order valence-corrected chi connectivity index (χ3v) is 4.55. The molecule has 2 amide bonds. The number of carbonyl (C=O) groups is 2. The fraction of sp³-hybridized carbons (Fsp3) is 0.867. The molecule has 0 aromatic carbocycles. The zero-order valence-electron chi connectivity index (χ0n) is 12.9. The van der Waals surface area contributed by atoms with Crippen LogP contribution in [0.15, 0.2) is 0 Å². The van der Waals surface area contributed by atoms with Gasteiger partial charge in [0.2, 0.25) is 11.8 Å². The minimum Gasteiger partial charge on any atom is -0.383 e. The summed E-state index contributed by atoms with van der Waals surface area (Å²) >= 11 is 0. The molecular formula is C15H26N2O3. The Morgan fingerprint density at radius 2 is 2.10 bits per heavy atom. The Balaban J connectivity index is 2.04. The van der Waals surface area contributed by atoms with Crippen LogP contribution in [0.4, 0.5) is 0 Å². The molecule has 0 radical (unpaired) electrons. The number of carbonyl (C=O) groups excluding carboxylic acids is 2. The molecule has 0 aliphatic carbocycles. The lowest BCUT2D eigenvalue weighted by molar-refractivity contribution is -0.147. The van der Waals surface area contributed by atoms with Gasteiger partial charge in [-0.15, -0.1) is 0 Å². The first-order valence-electron chi connectivity index (χ1n) is 7.57. The zero-order chi connectivity index (χ0) is 14.8. The molecule has 5 heteroatoms. The van der Waals surface area contributed by atoms with Gasteiger partial charge in [-0.25, -0.2) is 0 Å². The summed E-state index contributed by atoms with van der Waals surface area (Å²) in [5.74, 6) is 0.400. The van der Waals surface area contributed by atoms with Crippen LogP contribution < -0.4 is 0 Å². The van der Waals surface area contributed by atoms with Crippen LogP contribution in [-0.4, -0.2) is 61.5 Å². The monoisotopic (exact) mass is 282 g/mol. The van der Waals surface area contributed by atoms with Gasteiger partial charge in [0, 0.05) is 39.2 Å². The fourth-order valence-electron chi connectivity index (χ4n) is 3.37. The third kappa shape index (κ3) is 2.82. The first kappa shape index (κ1) is 15.3. The fourth-order valence-corrected chi connectivity index (χ4v) is 3.37. The quantitative estimate of drug-likeness (QED) is 0.776. The van der Waals surface area contributed by atoms with Crippen molar-refractivity contribution in [1.82, 2.24) is 9.80 Å². The Morgan fingerprint density at radius 3 is 2.75 bits per heavy atom. The van der Waals surface area contributed by atoms with Crippen LogP contribution >= 0.6 is 0 Å². The minimum atomic E-state index is -0.323. The van der Waals surface area contributed by atoms with E-state index in [4.69, 9.17) is 4.74 Å². The van der Waals surface area contributed by atoms with Crippen LogP contribution in [-0.2, 0) is 14.3 Å². The van der Waals surface area contributed by atoms with Gasteiger partial charge in [0.1, 0.15) is 0 Å². The van der Waals surface area contributed by atoms with Gasteiger partial charge in [-0.3, -0.25) is 9.59 Å². The van der Waals surface area contributed by atoms with Crippen LogP contribution in [0, 0.1) is 11.3 Å². The Morgan fingerprint density at radius 1 is 1.35 bits per heavy atom. The van der Waals surface area contributed by atoms with E-state index in [1.807, 2.05) is 23.6 Å². The summed E-state index contributed by atoms with van der Waals surface area (Å²) in [5.41, 5.74) is -0.323. The summed E-state index contributed by atoms with van der Waals surface area (Å²) in [7, 11) is 1.66. The molecule has 1 atom stereocenters. The first-order chi connectivity index (χ1) is 9.50. The molecule has 0 aromatic heterocycles. The van der Waals surface area contributed by atoms with Crippen LogP contribution in [0.3, 0.4) is 0 Å². The number of likely N-dealkylation sites (tertiary alicyclic amines) is 2. The minimum absolute atomic E-state index is 0.00781. The van der Waals surface area contributed by atoms with E-state index in [1.165, 1.54) is 0 Å². The van der Waals surface area contributed by atoms with Gasteiger partial charge >= 0.3 is 0 Å². The van der Waals surface area contributed by atoms with E-state index in [-0.39, 0.29) is 23.1 Å². The lowest BCUT2D eigenvalue weighted by Crippen LogP contribution is -2.51. The number of rotatable bonds is 4. The number of methoxy groups -OCH3 is 1. The predicted octanol–water partition coefficient (Wildman–Crippen LogP) is 1.13. The second kappa shape index (κ2) is 6.12. The van der Waals surface area contributed by atoms with Gasteiger partial charge in [0.15, 0.2) is 0 Å². The molecule has 2 aliphatic rings. The summed E-state index contributed by atoms with van der Waals surface area (Å²) in [6.07, 6.45) is 2.75. The largest absolute Gasteiger partial charge is 0.383 e. The van der Waals surface area contributed by atoms with Crippen LogP contribution in [0.25, 0.3) is 0 Å². The molecule has 2 rings (SSSR count). The Kier molecular flexibility index (Phi) is 4.68. The molecule has 2 aliphatic heterocycles. The lowest BCUT2D eigenvalue weighted by atomic mass is 9.78. The van der Waals surface area contributed by atoms with Crippen molar-refractivity contribution in [3.05, 3.63) is 0 Å². The molecule has 5 nitrogen and oxygen atoms in total. The predicted molar refractivity (Wildman–Crippen MR) is 76.2 cm³/mol. The molecule has 2 heterocycles. The average molecular weight is 282 g/mol. The molecule has 2 fully saturated rings. The van der Waals surface area contributed by atoms with Gasteiger partial charge < -0.3 is 14.5 Å². The van der Waals surface area contributed by atoms with Crippen LogP contribution in [0.1, 0.15) is 33.1 Å². The second-order valence-electron chi connectivity index (χ2n) is 6.33. The number of nitrogens with zero attached hydrogens (tertiary/aromatic N) is 2. The van der Waals surface area contributed by atoms with E-state index >= 15 is 0 Å². The van der Waals surface area contributed by atoms with E-state index in [2.05, 4.69) is 0 Å². The van der Waals surface area contributed by atoms with E-state index in [0.717, 1.165) is 32.4 Å². The maximum absolute atomic E-state index is 12.7. The highest BCUT2D eigenvalue weighted by Gasteiger charge is 2.49. The molecule has 0 N–H and O–H groups in total. The van der Waals surface area contributed by atoms with Gasteiger partial charge in [0.25, 0.3) is 0 Å². The molecular weight excluding hydrogens is 256 g/mol. The third-order valence-electron chi connectivity index (χ3n) is 4.55.